The van der Waals surface area contributed by atoms with Gasteiger partial charge in [0.05, 0.1) is 9.82 Å². The van der Waals surface area contributed by atoms with Gasteiger partial charge in [0.2, 0.25) is 10.0 Å². The number of aliphatic hydroxyl groups excluding tert-OH is 1. The van der Waals surface area contributed by atoms with Crippen LogP contribution < -0.4 is 4.72 Å². The molecular formula is C9H10N2O8S. The molecule has 1 aromatic carbocycles. The summed E-state index contributed by atoms with van der Waals surface area (Å²) in [6.07, 6.45) is -1.95. The first-order valence-corrected chi connectivity index (χ1v) is 6.51. The predicted octanol–water partition coefficient (Wildman–Crippen LogP) is -0.976. The van der Waals surface area contributed by atoms with Crippen molar-refractivity contribution >= 4 is 21.7 Å². The molecule has 0 fully saturated rings. The topological polar surface area (TPSA) is 167 Å². The van der Waals surface area contributed by atoms with Gasteiger partial charge in [0.1, 0.15) is 0 Å². The molecular weight excluding hydrogens is 296 g/mol. The van der Waals surface area contributed by atoms with E-state index in [-0.39, 0.29) is 0 Å². The lowest BCUT2D eigenvalue weighted by Crippen LogP contribution is -2.36. The maximum atomic E-state index is 11.7. The smallest absolute Gasteiger partial charge is 0.333 e. The average molecular weight is 306 g/mol. The number of phenolic OH excluding ortho intramolecular Hbond substituents is 1. The van der Waals surface area contributed by atoms with Crippen LogP contribution in [0, 0.1) is 10.1 Å². The lowest BCUT2D eigenvalue weighted by Gasteiger charge is -2.09. The van der Waals surface area contributed by atoms with E-state index in [1.54, 1.807) is 4.72 Å². The van der Waals surface area contributed by atoms with Crippen LogP contribution in [-0.4, -0.2) is 47.3 Å². The quantitative estimate of drug-likeness (QED) is 0.384. The van der Waals surface area contributed by atoms with Gasteiger partial charge in [0, 0.05) is 12.6 Å². The molecule has 0 aliphatic heterocycles. The van der Waals surface area contributed by atoms with E-state index in [0.29, 0.717) is 6.07 Å². The third kappa shape index (κ3) is 3.63. The molecule has 110 valence electrons. The summed E-state index contributed by atoms with van der Waals surface area (Å²) < 4.78 is 25.2. The van der Waals surface area contributed by atoms with E-state index in [2.05, 4.69) is 0 Å². The third-order valence-electron chi connectivity index (χ3n) is 2.21. The lowest BCUT2D eigenvalue weighted by atomic mass is 10.3. The zero-order valence-electron chi connectivity index (χ0n) is 9.75. The van der Waals surface area contributed by atoms with Crippen molar-refractivity contribution in [2.45, 2.75) is 11.0 Å². The molecule has 10 nitrogen and oxygen atoms in total. The van der Waals surface area contributed by atoms with E-state index in [1.165, 1.54) is 0 Å². The Hall–Kier alpha value is -2.24. The molecule has 1 unspecified atom stereocenters. The molecule has 0 aromatic heterocycles. The molecule has 0 heterocycles. The zero-order valence-corrected chi connectivity index (χ0v) is 10.6. The number of aliphatic hydroxyl groups is 1. The van der Waals surface area contributed by atoms with Crippen LogP contribution in [0.15, 0.2) is 23.1 Å². The Balaban J connectivity index is 3.01. The largest absolute Gasteiger partial charge is 0.502 e. The number of hydrogen-bond acceptors (Lipinski definition) is 7. The molecule has 0 spiro atoms. The second-order valence-electron chi connectivity index (χ2n) is 3.61. The van der Waals surface area contributed by atoms with Gasteiger partial charge in [0.25, 0.3) is 0 Å². The van der Waals surface area contributed by atoms with Gasteiger partial charge in [-0.15, -0.1) is 0 Å². The number of carboxylic acids is 1. The highest BCUT2D eigenvalue weighted by atomic mass is 32.2. The average Bonchev–Trinajstić information content (AvgIpc) is 2.35. The number of hydrogen-bond donors (Lipinski definition) is 4. The number of nitrogens with zero attached hydrogens (tertiary/aromatic N) is 1. The fourth-order valence-corrected chi connectivity index (χ4v) is 2.23. The first-order valence-electron chi connectivity index (χ1n) is 5.03. The van der Waals surface area contributed by atoms with Gasteiger partial charge >= 0.3 is 11.7 Å². The van der Waals surface area contributed by atoms with E-state index in [4.69, 9.17) is 10.2 Å². The number of aliphatic carboxylic acids is 1. The summed E-state index contributed by atoms with van der Waals surface area (Å²) in [5, 5.41) is 37.1. The number of nitrogens with one attached hydrogen (secondary N) is 1. The molecule has 0 bridgehead atoms. The molecule has 0 amide bonds. The third-order valence-corrected chi connectivity index (χ3v) is 3.63. The Morgan fingerprint density at radius 2 is 2.05 bits per heavy atom. The standard InChI is InChI=1S/C9H10N2O8S/c12-7-2-1-5(3-6(7)11(16)17)20(18,19)10-4-8(13)9(14)15/h1-3,8,10,12-13H,4H2,(H,14,15). The number of rotatable bonds is 6. The lowest BCUT2D eigenvalue weighted by molar-refractivity contribution is -0.386. The zero-order chi connectivity index (χ0) is 15.5. The number of carboxylic acid groups (broad SMARTS) is 1. The minimum Gasteiger partial charge on any atom is -0.502 e. The van der Waals surface area contributed by atoms with E-state index in [9.17, 15) is 28.4 Å². The van der Waals surface area contributed by atoms with Gasteiger partial charge in [0.15, 0.2) is 11.9 Å². The number of nitro groups is 1. The van der Waals surface area contributed by atoms with Crippen LogP contribution in [0.1, 0.15) is 0 Å². The Labute approximate surface area is 112 Å². The summed E-state index contributed by atoms with van der Waals surface area (Å²) in [4.78, 5) is 19.4. The fraction of sp³-hybridized carbons (Fsp3) is 0.222. The molecule has 0 radical (unpaired) electrons. The molecule has 1 aromatic rings. The van der Waals surface area contributed by atoms with Gasteiger partial charge < -0.3 is 15.3 Å². The van der Waals surface area contributed by atoms with Crippen LogP contribution in [0.2, 0.25) is 0 Å². The van der Waals surface area contributed by atoms with Crippen molar-refractivity contribution in [2.24, 2.45) is 0 Å². The number of nitro benzene ring substituents is 1. The number of aromatic hydroxyl groups is 1. The molecule has 0 saturated carbocycles. The minimum absolute atomic E-state index is 0.542. The maximum absolute atomic E-state index is 11.7. The second kappa shape index (κ2) is 5.81. The Morgan fingerprint density at radius 3 is 2.55 bits per heavy atom. The van der Waals surface area contributed by atoms with Gasteiger partial charge in [-0.05, 0) is 12.1 Å². The van der Waals surface area contributed by atoms with Crippen molar-refractivity contribution in [3.63, 3.8) is 0 Å². The normalized spacial score (nSPS) is 12.8. The van der Waals surface area contributed by atoms with Crippen LogP contribution >= 0.6 is 0 Å². The summed E-state index contributed by atoms with van der Waals surface area (Å²) in [5.41, 5.74) is -0.813. The van der Waals surface area contributed by atoms with Gasteiger partial charge in [-0.1, -0.05) is 0 Å². The monoisotopic (exact) mass is 306 g/mol. The molecule has 0 aliphatic rings. The Morgan fingerprint density at radius 1 is 1.45 bits per heavy atom. The van der Waals surface area contributed by atoms with E-state index >= 15 is 0 Å². The summed E-state index contributed by atoms with van der Waals surface area (Å²) in [7, 11) is -4.25. The van der Waals surface area contributed by atoms with E-state index < -0.39 is 49.9 Å². The summed E-state index contributed by atoms with van der Waals surface area (Å²) in [6, 6.07) is 2.34. The Bertz CT molecular complexity index is 641. The van der Waals surface area contributed by atoms with Crippen LogP contribution in [0.25, 0.3) is 0 Å². The van der Waals surface area contributed by atoms with Crippen molar-refractivity contribution in [1.29, 1.82) is 0 Å². The first kappa shape index (κ1) is 15.8. The predicted molar refractivity (Wildman–Crippen MR) is 63.6 cm³/mol. The van der Waals surface area contributed by atoms with Crippen molar-refractivity contribution in [2.75, 3.05) is 6.54 Å². The fourth-order valence-electron chi connectivity index (χ4n) is 1.18. The van der Waals surface area contributed by atoms with Gasteiger partial charge in [-0.3, -0.25) is 10.1 Å². The highest BCUT2D eigenvalue weighted by Gasteiger charge is 2.23. The number of phenols is 1. The van der Waals surface area contributed by atoms with Crippen LogP contribution in [0.3, 0.4) is 0 Å². The molecule has 4 N–H and O–H groups in total. The van der Waals surface area contributed by atoms with E-state index in [1.807, 2.05) is 0 Å². The van der Waals surface area contributed by atoms with Crippen molar-refractivity contribution in [3.8, 4) is 5.75 Å². The summed E-state index contributed by atoms with van der Waals surface area (Å²) in [6.45, 7) is -0.799. The van der Waals surface area contributed by atoms with E-state index in [0.717, 1.165) is 12.1 Å². The van der Waals surface area contributed by atoms with Crippen molar-refractivity contribution in [3.05, 3.63) is 28.3 Å². The van der Waals surface area contributed by atoms with Crippen LogP contribution in [0.5, 0.6) is 5.75 Å². The molecule has 1 rings (SSSR count). The minimum atomic E-state index is -4.25. The first-order chi connectivity index (χ1) is 9.15. The van der Waals surface area contributed by atoms with Crippen LogP contribution in [-0.2, 0) is 14.8 Å². The number of carbonyl (C=O) groups is 1. The summed E-state index contributed by atoms with van der Waals surface area (Å²) >= 11 is 0. The SMILES string of the molecule is O=C(O)C(O)CNS(=O)(=O)c1ccc(O)c([N+](=O)[O-])c1. The second-order valence-corrected chi connectivity index (χ2v) is 5.38. The van der Waals surface area contributed by atoms with Gasteiger partial charge in [-0.2, -0.15) is 0 Å². The van der Waals surface area contributed by atoms with Crippen molar-refractivity contribution < 1.29 is 33.5 Å². The Kier molecular flexibility index (Phi) is 4.60. The molecule has 11 heteroatoms. The van der Waals surface area contributed by atoms with Crippen LogP contribution in [0.4, 0.5) is 5.69 Å². The van der Waals surface area contributed by atoms with Crippen molar-refractivity contribution in [1.82, 2.24) is 4.72 Å². The molecule has 0 saturated heterocycles. The van der Waals surface area contributed by atoms with Gasteiger partial charge in [-0.25, -0.2) is 17.9 Å². The highest BCUT2D eigenvalue weighted by Crippen LogP contribution is 2.28. The summed E-state index contributed by atoms with van der Waals surface area (Å²) in [5.74, 6) is -2.33. The number of sulfonamides is 1. The maximum Gasteiger partial charge on any atom is 0.333 e. The molecule has 20 heavy (non-hydrogen) atoms. The molecule has 0 aliphatic carbocycles. The highest BCUT2D eigenvalue weighted by molar-refractivity contribution is 7.89. The molecule has 1 atom stereocenters. The number of benzene rings is 1.